The van der Waals surface area contributed by atoms with Crippen molar-refractivity contribution in [3.63, 3.8) is 0 Å². The van der Waals surface area contributed by atoms with Gasteiger partial charge in [-0.2, -0.15) is 0 Å². The summed E-state index contributed by atoms with van der Waals surface area (Å²) in [5, 5.41) is 0.666. The van der Waals surface area contributed by atoms with Crippen LogP contribution in [-0.2, 0) is 4.79 Å². The van der Waals surface area contributed by atoms with E-state index in [1.54, 1.807) is 11.1 Å². The lowest BCUT2D eigenvalue weighted by atomic mass is 10.2. The van der Waals surface area contributed by atoms with Crippen LogP contribution < -0.4 is 0 Å². The highest BCUT2D eigenvalue weighted by atomic mass is 79.9. The molecular weight excluding hydrogens is 374 g/mol. The first-order valence-electron chi connectivity index (χ1n) is 7.14. The second-order valence-corrected chi connectivity index (χ2v) is 6.72. The average Bonchev–Trinajstić information content (AvgIpc) is 2.85. The van der Waals surface area contributed by atoms with Crippen molar-refractivity contribution in [2.45, 2.75) is 6.92 Å². The summed E-state index contributed by atoms with van der Waals surface area (Å²) in [6.45, 7) is 2.52. The number of carbonyl (C=O) groups excluding carboxylic acids is 1. The van der Waals surface area contributed by atoms with Crippen LogP contribution in [0.2, 0.25) is 0 Å². The van der Waals surface area contributed by atoms with Gasteiger partial charge in [-0.15, -0.1) is 0 Å². The smallest absolute Gasteiger partial charge is 0.266 e. The van der Waals surface area contributed by atoms with Crippen molar-refractivity contribution in [2.75, 3.05) is 6.54 Å². The molecule has 1 amide bonds. The van der Waals surface area contributed by atoms with E-state index in [0.717, 1.165) is 10.0 Å². The molecule has 0 radical (unpaired) electrons. The van der Waals surface area contributed by atoms with Crippen LogP contribution in [0, 0.1) is 0 Å². The molecule has 2 heterocycles. The van der Waals surface area contributed by atoms with E-state index < -0.39 is 0 Å². The second-order valence-electron chi connectivity index (χ2n) is 4.79. The first-order chi connectivity index (χ1) is 11.2. The maximum absolute atomic E-state index is 12.5. The number of likely N-dealkylation sites (N-methyl/N-ethyl adjacent to an activating group) is 1. The summed E-state index contributed by atoms with van der Waals surface area (Å²) < 4.78 is 1.01. The standard InChI is InChI=1S/C17H14BrN3OS/c1-2-21-16(22)14(11-12-6-8-13(18)9-7-12)23-17(21)20-15-5-3-4-10-19-15/h3-11H,2H2,1H3/b14-11-,20-17+. The summed E-state index contributed by atoms with van der Waals surface area (Å²) >= 11 is 4.79. The zero-order chi connectivity index (χ0) is 16.2. The lowest BCUT2D eigenvalue weighted by Gasteiger charge is -2.11. The van der Waals surface area contributed by atoms with Gasteiger partial charge >= 0.3 is 0 Å². The normalized spacial score (nSPS) is 18.2. The van der Waals surface area contributed by atoms with Crippen LogP contribution in [0.1, 0.15) is 12.5 Å². The Morgan fingerprint density at radius 3 is 2.70 bits per heavy atom. The topological polar surface area (TPSA) is 45.6 Å². The van der Waals surface area contributed by atoms with Crippen molar-refractivity contribution in [1.82, 2.24) is 9.88 Å². The summed E-state index contributed by atoms with van der Waals surface area (Å²) in [5.41, 5.74) is 0.985. The van der Waals surface area contributed by atoms with Gasteiger partial charge < -0.3 is 0 Å². The molecule has 0 bridgehead atoms. The number of hydrogen-bond donors (Lipinski definition) is 0. The fourth-order valence-corrected chi connectivity index (χ4v) is 3.41. The molecule has 23 heavy (non-hydrogen) atoms. The van der Waals surface area contributed by atoms with E-state index in [1.807, 2.05) is 55.5 Å². The Bertz CT molecular complexity index is 772. The minimum Gasteiger partial charge on any atom is -0.287 e. The molecular formula is C17H14BrN3OS. The lowest BCUT2D eigenvalue weighted by molar-refractivity contribution is -0.122. The van der Waals surface area contributed by atoms with E-state index in [9.17, 15) is 4.79 Å². The predicted octanol–water partition coefficient (Wildman–Crippen LogP) is 4.47. The van der Waals surface area contributed by atoms with Crippen LogP contribution in [0.4, 0.5) is 5.82 Å². The van der Waals surface area contributed by atoms with Gasteiger partial charge in [-0.25, -0.2) is 9.98 Å². The zero-order valence-electron chi connectivity index (χ0n) is 12.4. The summed E-state index contributed by atoms with van der Waals surface area (Å²) in [4.78, 5) is 23.6. The largest absolute Gasteiger partial charge is 0.287 e. The van der Waals surface area contributed by atoms with Crippen molar-refractivity contribution in [2.24, 2.45) is 4.99 Å². The maximum Gasteiger partial charge on any atom is 0.266 e. The molecule has 4 nitrogen and oxygen atoms in total. The number of thioether (sulfide) groups is 1. The number of pyridine rings is 1. The Morgan fingerprint density at radius 2 is 2.04 bits per heavy atom. The first-order valence-corrected chi connectivity index (χ1v) is 8.75. The van der Waals surface area contributed by atoms with Crippen molar-refractivity contribution >= 4 is 50.7 Å². The summed E-state index contributed by atoms with van der Waals surface area (Å²) in [5.74, 6) is 0.584. The van der Waals surface area contributed by atoms with Gasteiger partial charge in [0.05, 0.1) is 4.91 Å². The monoisotopic (exact) mass is 387 g/mol. The fourth-order valence-electron chi connectivity index (χ4n) is 2.10. The van der Waals surface area contributed by atoms with E-state index in [-0.39, 0.29) is 5.91 Å². The third-order valence-corrected chi connectivity index (χ3v) is 4.77. The minimum absolute atomic E-state index is 0.0184. The van der Waals surface area contributed by atoms with Gasteiger partial charge in [-0.05, 0) is 54.6 Å². The van der Waals surface area contributed by atoms with E-state index in [1.165, 1.54) is 11.8 Å². The van der Waals surface area contributed by atoms with Gasteiger partial charge in [0.1, 0.15) is 0 Å². The minimum atomic E-state index is -0.0184. The van der Waals surface area contributed by atoms with Crippen LogP contribution in [0.3, 0.4) is 0 Å². The van der Waals surface area contributed by atoms with Gasteiger partial charge in [-0.1, -0.05) is 34.1 Å². The Balaban J connectivity index is 1.91. The number of halogens is 1. The number of carbonyl (C=O) groups is 1. The van der Waals surface area contributed by atoms with Crippen LogP contribution >= 0.6 is 27.7 Å². The van der Waals surface area contributed by atoms with Crippen LogP contribution in [0.5, 0.6) is 0 Å². The lowest BCUT2D eigenvalue weighted by Crippen LogP contribution is -2.28. The molecule has 2 aromatic rings. The van der Waals surface area contributed by atoms with E-state index in [4.69, 9.17) is 0 Å². The van der Waals surface area contributed by atoms with Crippen LogP contribution in [-0.4, -0.2) is 27.5 Å². The highest BCUT2D eigenvalue weighted by molar-refractivity contribution is 9.10. The van der Waals surface area contributed by atoms with Gasteiger partial charge in [0.25, 0.3) is 5.91 Å². The quantitative estimate of drug-likeness (QED) is 0.729. The fraction of sp³-hybridized carbons (Fsp3) is 0.118. The number of rotatable bonds is 3. The molecule has 0 spiro atoms. The van der Waals surface area contributed by atoms with Crippen molar-refractivity contribution in [3.05, 3.63) is 63.6 Å². The number of nitrogens with zero attached hydrogens (tertiary/aromatic N) is 3. The summed E-state index contributed by atoms with van der Waals surface area (Å²) in [6.07, 6.45) is 3.58. The summed E-state index contributed by atoms with van der Waals surface area (Å²) in [7, 11) is 0. The van der Waals surface area contributed by atoms with E-state index in [0.29, 0.717) is 22.4 Å². The number of aliphatic imine (C=N–C) groups is 1. The SMILES string of the molecule is CCN1C(=O)/C(=C/c2ccc(Br)cc2)S/C1=N/c1ccccn1. The molecule has 0 N–H and O–H groups in total. The number of hydrogen-bond acceptors (Lipinski definition) is 4. The van der Waals surface area contributed by atoms with Gasteiger partial charge in [0.2, 0.25) is 0 Å². The predicted molar refractivity (Wildman–Crippen MR) is 98.4 cm³/mol. The van der Waals surface area contributed by atoms with Crippen molar-refractivity contribution in [1.29, 1.82) is 0 Å². The molecule has 1 aromatic carbocycles. The molecule has 116 valence electrons. The third kappa shape index (κ3) is 3.71. The summed E-state index contributed by atoms with van der Waals surface area (Å²) in [6, 6.07) is 13.4. The molecule has 0 aliphatic carbocycles. The molecule has 1 aliphatic rings. The molecule has 0 saturated carbocycles. The zero-order valence-corrected chi connectivity index (χ0v) is 14.8. The Labute approximate surface area is 147 Å². The Hall–Kier alpha value is -1.92. The van der Waals surface area contributed by atoms with Crippen molar-refractivity contribution in [3.8, 4) is 0 Å². The molecule has 0 unspecified atom stereocenters. The van der Waals surface area contributed by atoms with E-state index >= 15 is 0 Å². The Morgan fingerprint density at radius 1 is 1.26 bits per heavy atom. The highest BCUT2D eigenvalue weighted by Gasteiger charge is 2.32. The van der Waals surface area contributed by atoms with Gasteiger partial charge in [0, 0.05) is 17.2 Å². The molecule has 3 rings (SSSR count). The maximum atomic E-state index is 12.5. The van der Waals surface area contributed by atoms with Crippen molar-refractivity contribution < 1.29 is 4.79 Å². The number of amides is 1. The number of benzene rings is 1. The molecule has 1 fully saturated rings. The second kappa shape index (κ2) is 7.10. The first kappa shape index (κ1) is 16.0. The molecule has 1 aliphatic heterocycles. The average molecular weight is 388 g/mol. The molecule has 1 aromatic heterocycles. The number of amidine groups is 1. The van der Waals surface area contributed by atoms with Gasteiger partial charge in [0.15, 0.2) is 11.0 Å². The van der Waals surface area contributed by atoms with Gasteiger partial charge in [-0.3, -0.25) is 9.69 Å². The molecule has 6 heteroatoms. The van der Waals surface area contributed by atoms with E-state index in [2.05, 4.69) is 25.9 Å². The highest BCUT2D eigenvalue weighted by Crippen LogP contribution is 2.33. The number of aromatic nitrogens is 1. The Kier molecular flexibility index (Phi) is 4.93. The molecule has 0 atom stereocenters. The molecule has 1 saturated heterocycles. The van der Waals surface area contributed by atoms with Crippen LogP contribution in [0.15, 0.2) is 63.0 Å². The van der Waals surface area contributed by atoms with Crippen LogP contribution in [0.25, 0.3) is 6.08 Å². The third-order valence-electron chi connectivity index (χ3n) is 3.23.